The average molecular weight is 436 g/mol. The first-order valence-corrected chi connectivity index (χ1v) is 9.44. The van der Waals surface area contributed by atoms with E-state index in [4.69, 9.17) is 0 Å². The van der Waals surface area contributed by atoms with Gasteiger partial charge in [-0.25, -0.2) is 4.79 Å². The minimum absolute atomic E-state index is 0.0388. The van der Waals surface area contributed by atoms with Gasteiger partial charge in [0.25, 0.3) is 0 Å². The van der Waals surface area contributed by atoms with Crippen LogP contribution in [0.4, 0.5) is 4.79 Å². The van der Waals surface area contributed by atoms with E-state index in [1.165, 1.54) is 17.8 Å². The fourth-order valence-corrected chi connectivity index (χ4v) is 3.02. The Bertz CT molecular complexity index is 804. The third-order valence-corrected chi connectivity index (χ3v) is 4.62. The summed E-state index contributed by atoms with van der Waals surface area (Å²) in [6.45, 7) is 8.03. The predicted molar refractivity (Wildman–Crippen MR) is 106 cm³/mol. The molecule has 9 heteroatoms. The number of nitrogens with zero attached hydrogens (tertiary/aromatic N) is 3. The highest BCUT2D eigenvalue weighted by molar-refractivity contribution is 9.10. The molecule has 1 heterocycles. The zero-order valence-corrected chi connectivity index (χ0v) is 16.3. The Labute approximate surface area is 164 Å². The van der Waals surface area contributed by atoms with Crippen molar-refractivity contribution in [3.63, 3.8) is 0 Å². The van der Waals surface area contributed by atoms with Crippen LogP contribution in [-0.4, -0.2) is 39.0 Å². The average Bonchev–Trinajstić information content (AvgIpc) is 3.02. The molecule has 1 aromatic carbocycles. The Morgan fingerprint density at radius 1 is 1.19 bits per heavy atom. The topological polar surface area (TPSA) is 88.9 Å². The number of hydrogen-bond donors (Lipinski definition) is 2. The Balaban J connectivity index is 2.06. The Hall–Kier alpha value is -2.39. The second-order valence-corrected chi connectivity index (χ2v) is 6.91. The smallest absolute Gasteiger partial charge is 0.321 e. The van der Waals surface area contributed by atoms with Crippen molar-refractivity contribution < 1.29 is 9.59 Å². The highest BCUT2D eigenvalue weighted by Crippen LogP contribution is 2.25. The SMILES string of the molecule is C=CCNC(=O)NC(=O)CSc1nnc(-c2ccc(Br)cc2)n1CC=C. The van der Waals surface area contributed by atoms with Crippen molar-refractivity contribution in [2.24, 2.45) is 0 Å². The van der Waals surface area contributed by atoms with Crippen LogP contribution < -0.4 is 10.6 Å². The molecule has 26 heavy (non-hydrogen) atoms. The lowest BCUT2D eigenvalue weighted by Crippen LogP contribution is -2.40. The predicted octanol–water partition coefficient (Wildman–Crippen LogP) is 3.00. The largest absolute Gasteiger partial charge is 0.334 e. The standard InChI is InChI=1S/C17H18BrN5O2S/c1-3-9-19-16(25)20-14(24)11-26-17-22-21-15(23(17)10-4-2)12-5-7-13(18)8-6-12/h3-8H,1-2,9-11H2,(H2,19,20,24,25). The van der Waals surface area contributed by atoms with E-state index in [-0.39, 0.29) is 12.3 Å². The fraction of sp³-hybridized carbons (Fsp3) is 0.176. The van der Waals surface area contributed by atoms with Crippen LogP contribution in [-0.2, 0) is 11.3 Å². The van der Waals surface area contributed by atoms with Crippen LogP contribution in [0.1, 0.15) is 0 Å². The van der Waals surface area contributed by atoms with Crippen molar-refractivity contribution in [2.75, 3.05) is 12.3 Å². The van der Waals surface area contributed by atoms with E-state index < -0.39 is 11.9 Å². The fourth-order valence-electron chi connectivity index (χ4n) is 2.00. The van der Waals surface area contributed by atoms with E-state index in [1.54, 1.807) is 6.08 Å². The summed E-state index contributed by atoms with van der Waals surface area (Å²) in [7, 11) is 0. The highest BCUT2D eigenvalue weighted by Gasteiger charge is 2.15. The third kappa shape index (κ3) is 5.57. The van der Waals surface area contributed by atoms with E-state index in [0.29, 0.717) is 17.5 Å². The summed E-state index contributed by atoms with van der Waals surface area (Å²) in [4.78, 5) is 23.3. The molecule has 136 valence electrons. The molecule has 2 aromatic rings. The number of hydrogen-bond acceptors (Lipinski definition) is 5. The van der Waals surface area contributed by atoms with E-state index in [0.717, 1.165) is 10.0 Å². The molecule has 0 saturated carbocycles. The van der Waals surface area contributed by atoms with Gasteiger partial charge in [-0.1, -0.05) is 52.0 Å². The summed E-state index contributed by atoms with van der Waals surface area (Å²) in [6, 6.07) is 7.14. The van der Waals surface area contributed by atoms with Crippen LogP contribution in [0.15, 0.2) is 59.2 Å². The van der Waals surface area contributed by atoms with Crippen molar-refractivity contribution in [1.29, 1.82) is 0 Å². The minimum atomic E-state index is -0.557. The van der Waals surface area contributed by atoms with Gasteiger partial charge < -0.3 is 5.32 Å². The number of imide groups is 1. The summed E-state index contributed by atoms with van der Waals surface area (Å²) in [6.07, 6.45) is 3.26. The number of rotatable bonds is 8. The Morgan fingerprint density at radius 2 is 1.92 bits per heavy atom. The van der Waals surface area contributed by atoms with Gasteiger partial charge in [-0.3, -0.25) is 14.7 Å². The molecule has 0 aliphatic carbocycles. The lowest BCUT2D eigenvalue weighted by molar-refractivity contribution is -0.117. The molecule has 0 bridgehead atoms. The minimum Gasteiger partial charge on any atom is -0.334 e. The van der Waals surface area contributed by atoms with Crippen LogP contribution >= 0.6 is 27.7 Å². The van der Waals surface area contributed by atoms with E-state index >= 15 is 0 Å². The maximum atomic E-state index is 11.9. The van der Waals surface area contributed by atoms with Gasteiger partial charge in [0.2, 0.25) is 5.91 Å². The normalized spacial score (nSPS) is 10.2. The monoisotopic (exact) mass is 435 g/mol. The second-order valence-electron chi connectivity index (χ2n) is 5.05. The number of thioether (sulfide) groups is 1. The summed E-state index contributed by atoms with van der Waals surface area (Å²) in [5, 5.41) is 13.7. The molecule has 7 nitrogen and oxygen atoms in total. The molecule has 2 rings (SSSR count). The van der Waals surface area contributed by atoms with Crippen molar-refractivity contribution in [1.82, 2.24) is 25.4 Å². The van der Waals surface area contributed by atoms with E-state index in [9.17, 15) is 9.59 Å². The summed E-state index contributed by atoms with van der Waals surface area (Å²) in [5.41, 5.74) is 0.905. The molecule has 0 unspecified atom stereocenters. The first-order chi connectivity index (χ1) is 12.5. The van der Waals surface area contributed by atoms with Gasteiger partial charge in [-0.15, -0.1) is 23.4 Å². The molecule has 0 aliphatic rings. The molecule has 0 radical (unpaired) electrons. The van der Waals surface area contributed by atoms with Gasteiger partial charge in [-0.2, -0.15) is 0 Å². The molecule has 0 atom stereocenters. The highest BCUT2D eigenvalue weighted by atomic mass is 79.9. The molecule has 2 N–H and O–H groups in total. The number of benzene rings is 1. The van der Waals surface area contributed by atoms with Crippen LogP contribution in [0.3, 0.4) is 0 Å². The molecule has 0 saturated heterocycles. The zero-order valence-electron chi connectivity index (χ0n) is 13.9. The van der Waals surface area contributed by atoms with Crippen molar-refractivity contribution in [3.8, 4) is 11.4 Å². The third-order valence-electron chi connectivity index (χ3n) is 3.12. The molecular formula is C17H18BrN5O2S. The Kier molecular flexibility index (Phi) is 7.61. The van der Waals surface area contributed by atoms with Gasteiger partial charge in [-0.05, 0) is 12.1 Å². The van der Waals surface area contributed by atoms with Gasteiger partial charge in [0, 0.05) is 23.1 Å². The quantitative estimate of drug-likeness (QED) is 0.491. The Morgan fingerprint density at radius 3 is 2.58 bits per heavy atom. The van der Waals surface area contributed by atoms with Crippen LogP contribution in [0.5, 0.6) is 0 Å². The molecule has 3 amide bonds. The summed E-state index contributed by atoms with van der Waals surface area (Å²) < 4.78 is 2.84. The molecule has 0 fully saturated rings. The molecule has 0 aliphatic heterocycles. The maximum Gasteiger partial charge on any atom is 0.321 e. The first kappa shape index (κ1) is 19.9. The van der Waals surface area contributed by atoms with E-state index in [1.807, 2.05) is 28.8 Å². The number of urea groups is 1. The second kappa shape index (κ2) is 9.93. The lowest BCUT2D eigenvalue weighted by Gasteiger charge is -2.08. The van der Waals surface area contributed by atoms with Crippen LogP contribution in [0, 0.1) is 0 Å². The van der Waals surface area contributed by atoms with Crippen LogP contribution in [0.2, 0.25) is 0 Å². The number of halogens is 1. The number of carbonyl (C=O) groups is 2. The summed E-state index contributed by atoms with van der Waals surface area (Å²) in [5.74, 6) is 0.302. The van der Waals surface area contributed by atoms with Crippen molar-refractivity contribution in [2.45, 2.75) is 11.7 Å². The maximum absolute atomic E-state index is 11.9. The van der Waals surface area contributed by atoms with Crippen molar-refractivity contribution in [3.05, 3.63) is 54.0 Å². The van der Waals surface area contributed by atoms with E-state index in [2.05, 4.69) is 49.9 Å². The van der Waals surface area contributed by atoms with Crippen molar-refractivity contribution >= 4 is 39.6 Å². The van der Waals surface area contributed by atoms with Crippen LogP contribution in [0.25, 0.3) is 11.4 Å². The number of amides is 3. The molecule has 1 aromatic heterocycles. The van der Waals surface area contributed by atoms with Gasteiger partial charge >= 0.3 is 6.03 Å². The first-order valence-electron chi connectivity index (χ1n) is 7.66. The number of allylic oxidation sites excluding steroid dienone is 1. The number of carbonyl (C=O) groups excluding carboxylic acids is 2. The van der Waals surface area contributed by atoms with Gasteiger partial charge in [0.1, 0.15) is 0 Å². The number of nitrogens with one attached hydrogen (secondary N) is 2. The lowest BCUT2D eigenvalue weighted by atomic mass is 10.2. The number of aromatic nitrogens is 3. The molecule has 0 spiro atoms. The van der Waals surface area contributed by atoms with Gasteiger partial charge in [0.15, 0.2) is 11.0 Å². The molecular weight excluding hydrogens is 418 g/mol. The summed E-state index contributed by atoms with van der Waals surface area (Å²) >= 11 is 4.60. The zero-order chi connectivity index (χ0) is 18.9. The van der Waals surface area contributed by atoms with Gasteiger partial charge in [0.05, 0.1) is 5.75 Å².